The Morgan fingerprint density at radius 1 is 1.11 bits per heavy atom. The van der Waals surface area contributed by atoms with Crippen LogP contribution in [0.1, 0.15) is 57.7 Å². The van der Waals surface area contributed by atoms with Crippen LogP contribution in [0, 0.1) is 0 Å². The normalized spacial score (nSPS) is 13.6. The highest BCUT2D eigenvalue weighted by molar-refractivity contribution is 5.27. The van der Waals surface area contributed by atoms with Gasteiger partial charge < -0.3 is 0 Å². The molecule has 0 unspecified atom stereocenters. The van der Waals surface area contributed by atoms with E-state index in [0.29, 0.717) is 6.04 Å². The first-order valence-corrected chi connectivity index (χ1v) is 6.64. The van der Waals surface area contributed by atoms with Gasteiger partial charge in [0.05, 0.1) is 0 Å². The zero-order chi connectivity index (χ0) is 13.7. The van der Waals surface area contributed by atoms with E-state index in [0.717, 1.165) is 18.5 Å². The van der Waals surface area contributed by atoms with E-state index in [1.165, 1.54) is 6.07 Å². The Bertz CT molecular complexity index is 363. The monoisotopic (exact) mass is 255 g/mol. The second-order valence-corrected chi connectivity index (χ2v) is 4.82. The topological polar surface area (TPSA) is 3.24 Å². The van der Waals surface area contributed by atoms with Crippen molar-refractivity contribution in [3.63, 3.8) is 0 Å². The maximum Gasteiger partial charge on any atom is 0.263 e. The first-order valence-electron chi connectivity index (χ1n) is 6.64. The largest absolute Gasteiger partial charge is 0.294 e. The fraction of sp³-hybridized carbons (Fsp3) is 0.600. The van der Waals surface area contributed by atoms with Gasteiger partial charge in [-0.2, -0.15) is 0 Å². The third kappa shape index (κ3) is 3.52. The maximum absolute atomic E-state index is 12.7. The molecule has 1 aromatic rings. The van der Waals surface area contributed by atoms with Gasteiger partial charge in [-0.05, 0) is 38.4 Å². The van der Waals surface area contributed by atoms with Gasteiger partial charge in [0.1, 0.15) is 0 Å². The van der Waals surface area contributed by atoms with Crippen molar-refractivity contribution in [1.82, 2.24) is 4.90 Å². The Morgan fingerprint density at radius 3 is 2.17 bits per heavy atom. The van der Waals surface area contributed by atoms with Crippen molar-refractivity contribution in [2.45, 2.75) is 52.6 Å². The summed E-state index contributed by atoms with van der Waals surface area (Å²) in [5.41, 5.74) is 1.11. The fourth-order valence-electron chi connectivity index (χ4n) is 2.51. The van der Waals surface area contributed by atoms with Gasteiger partial charge in [-0.1, -0.05) is 32.0 Å². The molecule has 0 aliphatic heterocycles. The molecule has 0 amide bonds. The molecule has 0 bridgehead atoms. The van der Waals surface area contributed by atoms with Crippen molar-refractivity contribution < 1.29 is 8.78 Å². The van der Waals surface area contributed by atoms with E-state index in [-0.39, 0.29) is 11.6 Å². The molecule has 0 aliphatic carbocycles. The summed E-state index contributed by atoms with van der Waals surface area (Å²) in [4.78, 5) is 2.34. The quantitative estimate of drug-likeness (QED) is 0.705. The minimum Gasteiger partial charge on any atom is -0.294 e. The van der Waals surface area contributed by atoms with Crippen LogP contribution < -0.4 is 0 Å². The molecule has 3 heteroatoms. The van der Waals surface area contributed by atoms with Gasteiger partial charge in [-0.15, -0.1) is 0 Å². The van der Waals surface area contributed by atoms with Crippen molar-refractivity contribution in [2.24, 2.45) is 0 Å². The summed E-state index contributed by atoms with van der Waals surface area (Å²) < 4.78 is 25.5. The molecule has 0 saturated carbocycles. The Balaban J connectivity index is 3.04. The number of hydrogen-bond donors (Lipinski definition) is 0. The maximum atomic E-state index is 12.7. The van der Waals surface area contributed by atoms with E-state index in [4.69, 9.17) is 0 Å². The fourth-order valence-corrected chi connectivity index (χ4v) is 2.51. The van der Waals surface area contributed by atoms with E-state index < -0.39 is 6.43 Å². The number of benzene rings is 1. The molecule has 0 aromatic heterocycles. The van der Waals surface area contributed by atoms with Crippen molar-refractivity contribution in [3.05, 3.63) is 35.4 Å². The van der Waals surface area contributed by atoms with Gasteiger partial charge >= 0.3 is 0 Å². The van der Waals surface area contributed by atoms with Crippen LogP contribution in [0.2, 0.25) is 0 Å². The van der Waals surface area contributed by atoms with Crippen LogP contribution in [-0.2, 0) is 0 Å². The summed E-state index contributed by atoms with van der Waals surface area (Å²) in [5, 5.41) is 0. The molecule has 0 aliphatic rings. The molecule has 1 rings (SSSR count). The molecule has 0 fully saturated rings. The van der Waals surface area contributed by atoms with Gasteiger partial charge in [-0.25, -0.2) is 8.78 Å². The number of halogens is 2. The molecule has 0 heterocycles. The molecule has 1 nitrogen and oxygen atoms in total. The van der Waals surface area contributed by atoms with E-state index in [9.17, 15) is 8.78 Å². The van der Waals surface area contributed by atoms with Crippen LogP contribution >= 0.6 is 0 Å². The number of alkyl halides is 2. The molecule has 1 atom stereocenters. The lowest BCUT2D eigenvalue weighted by molar-refractivity contribution is 0.148. The smallest absolute Gasteiger partial charge is 0.263 e. The molecule has 0 radical (unpaired) electrons. The zero-order valence-corrected chi connectivity index (χ0v) is 11.7. The van der Waals surface area contributed by atoms with E-state index in [1.54, 1.807) is 12.1 Å². The predicted molar refractivity (Wildman–Crippen MR) is 71.9 cm³/mol. The lowest BCUT2D eigenvalue weighted by Crippen LogP contribution is -2.34. The van der Waals surface area contributed by atoms with Crippen LogP contribution in [0.15, 0.2) is 24.3 Å². The van der Waals surface area contributed by atoms with Gasteiger partial charge in [0.25, 0.3) is 6.43 Å². The lowest BCUT2D eigenvalue weighted by atomic mass is 9.99. The van der Waals surface area contributed by atoms with E-state index >= 15 is 0 Å². The Kier molecular flexibility index (Phi) is 5.73. The summed E-state index contributed by atoms with van der Waals surface area (Å²) in [6.45, 7) is 9.42. The summed E-state index contributed by atoms with van der Waals surface area (Å²) in [5.74, 6) is 0. The summed E-state index contributed by atoms with van der Waals surface area (Å²) in [7, 11) is 0. The zero-order valence-electron chi connectivity index (χ0n) is 11.7. The summed E-state index contributed by atoms with van der Waals surface area (Å²) in [6.07, 6.45) is -1.46. The number of rotatable bonds is 6. The molecular formula is C15H23F2N. The first-order chi connectivity index (χ1) is 8.51. The average Bonchev–Trinajstić information content (AvgIpc) is 2.35. The second-order valence-electron chi connectivity index (χ2n) is 4.82. The number of hydrogen-bond acceptors (Lipinski definition) is 1. The third-order valence-corrected chi connectivity index (χ3v) is 3.36. The van der Waals surface area contributed by atoms with E-state index in [2.05, 4.69) is 32.6 Å². The highest BCUT2D eigenvalue weighted by Gasteiger charge is 2.20. The van der Waals surface area contributed by atoms with Crippen molar-refractivity contribution in [1.29, 1.82) is 0 Å². The van der Waals surface area contributed by atoms with Crippen LogP contribution in [0.3, 0.4) is 0 Å². The van der Waals surface area contributed by atoms with Crippen LogP contribution in [-0.4, -0.2) is 17.5 Å². The molecule has 0 N–H and O–H groups in total. The predicted octanol–water partition coefficient (Wildman–Crippen LogP) is 4.81. The van der Waals surface area contributed by atoms with Crippen molar-refractivity contribution in [2.75, 3.05) is 6.54 Å². The molecule has 18 heavy (non-hydrogen) atoms. The molecule has 102 valence electrons. The van der Waals surface area contributed by atoms with Gasteiger partial charge in [-0.3, -0.25) is 4.90 Å². The third-order valence-electron chi connectivity index (χ3n) is 3.36. The Hall–Kier alpha value is -0.960. The highest BCUT2D eigenvalue weighted by atomic mass is 19.3. The van der Waals surface area contributed by atoms with Gasteiger partial charge in [0, 0.05) is 17.6 Å². The Morgan fingerprint density at radius 2 is 1.72 bits per heavy atom. The number of nitrogens with zero attached hydrogens (tertiary/aromatic N) is 1. The van der Waals surface area contributed by atoms with Crippen molar-refractivity contribution in [3.8, 4) is 0 Å². The molecular weight excluding hydrogens is 232 g/mol. The highest BCUT2D eigenvalue weighted by Crippen LogP contribution is 2.29. The van der Waals surface area contributed by atoms with Crippen molar-refractivity contribution >= 4 is 0 Å². The minimum atomic E-state index is -2.39. The minimum absolute atomic E-state index is 0.116. The first kappa shape index (κ1) is 15.1. The molecule has 0 spiro atoms. The lowest BCUT2D eigenvalue weighted by Gasteiger charge is -2.34. The van der Waals surface area contributed by atoms with Crippen LogP contribution in [0.5, 0.6) is 0 Å². The standard InChI is InChI=1S/C15H23F2N/c1-5-14(18(6-2)11(3)4)12-8-7-9-13(10-12)15(16)17/h7-11,14-15H,5-6H2,1-4H3/t14-/m0/s1. The SMILES string of the molecule is CC[C@@H](c1cccc(C(F)F)c1)N(CC)C(C)C. The van der Waals surface area contributed by atoms with Crippen LogP contribution in [0.25, 0.3) is 0 Å². The van der Waals surface area contributed by atoms with E-state index in [1.807, 2.05) is 6.07 Å². The van der Waals surface area contributed by atoms with Crippen LogP contribution in [0.4, 0.5) is 8.78 Å². The second kappa shape index (κ2) is 6.83. The average molecular weight is 255 g/mol. The molecule has 0 saturated heterocycles. The summed E-state index contributed by atoms with van der Waals surface area (Å²) in [6, 6.07) is 7.44. The molecule has 1 aromatic carbocycles. The Labute approximate surface area is 109 Å². The summed E-state index contributed by atoms with van der Waals surface area (Å²) >= 11 is 0. The van der Waals surface area contributed by atoms with Gasteiger partial charge in [0.15, 0.2) is 0 Å². The van der Waals surface area contributed by atoms with Gasteiger partial charge in [0.2, 0.25) is 0 Å².